The molecule has 0 aliphatic carbocycles. The summed E-state index contributed by atoms with van der Waals surface area (Å²) in [5.74, 6) is 0.802. The van der Waals surface area contributed by atoms with E-state index in [0.717, 1.165) is 24.4 Å². The topological polar surface area (TPSA) is 41.6 Å². The van der Waals surface area contributed by atoms with Crippen LogP contribution in [0.4, 0.5) is 0 Å². The van der Waals surface area contributed by atoms with Gasteiger partial charge in [0.1, 0.15) is 5.75 Å². The summed E-state index contributed by atoms with van der Waals surface area (Å²) in [6.45, 7) is 8.72. The normalized spacial score (nSPS) is 12.0. The third-order valence-electron chi connectivity index (χ3n) is 4.52. The predicted octanol–water partition coefficient (Wildman–Crippen LogP) is 3.82. The summed E-state index contributed by atoms with van der Waals surface area (Å²) in [6, 6.07) is 15.9. The Hall–Kier alpha value is -2.33. The molecule has 0 spiro atoms. The van der Waals surface area contributed by atoms with Crippen molar-refractivity contribution in [2.75, 3.05) is 26.7 Å². The van der Waals surface area contributed by atoms with Gasteiger partial charge in [-0.15, -0.1) is 0 Å². The number of benzene rings is 2. The van der Waals surface area contributed by atoms with E-state index in [1.165, 1.54) is 5.56 Å². The molecular weight excluding hydrogens is 312 g/mol. The van der Waals surface area contributed by atoms with E-state index >= 15 is 0 Å². The summed E-state index contributed by atoms with van der Waals surface area (Å²) in [5, 5.41) is 3.08. The number of likely N-dealkylation sites (N-methyl/N-ethyl adjacent to an activating group) is 1. The molecule has 0 aromatic heterocycles. The number of aryl methyl sites for hydroxylation is 1. The molecule has 1 unspecified atom stereocenters. The molecule has 2 aromatic rings. The van der Waals surface area contributed by atoms with E-state index in [1.54, 1.807) is 7.11 Å². The number of methoxy groups -OCH3 is 1. The second kappa shape index (κ2) is 9.23. The molecular formula is C21H28N2O2. The molecule has 0 aliphatic rings. The molecule has 0 heterocycles. The van der Waals surface area contributed by atoms with Crippen LogP contribution in [0.15, 0.2) is 48.5 Å². The van der Waals surface area contributed by atoms with Crippen LogP contribution < -0.4 is 10.1 Å². The van der Waals surface area contributed by atoms with Crippen molar-refractivity contribution < 1.29 is 9.53 Å². The van der Waals surface area contributed by atoms with Crippen molar-refractivity contribution in [2.24, 2.45) is 0 Å². The fraction of sp³-hybridized carbons (Fsp3) is 0.381. The van der Waals surface area contributed by atoms with E-state index in [0.29, 0.717) is 12.1 Å². The van der Waals surface area contributed by atoms with Crippen molar-refractivity contribution in [3.63, 3.8) is 0 Å². The van der Waals surface area contributed by atoms with Gasteiger partial charge in [0, 0.05) is 12.1 Å². The summed E-state index contributed by atoms with van der Waals surface area (Å²) in [6.07, 6.45) is 0. The van der Waals surface area contributed by atoms with Crippen LogP contribution in [0.5, 0.6) is 5.75 Å². The SMILES string of the molecule is CCN(CC)C(CNC(=O)c1ccc(C)cc1)c1ccc(OC)cc1. The monoisotopic (exact) mass is 340 g/mol. The Labute approximate surface area is 150 Å². The second-order valence-corrected chi connectivity index (χ2v) is 6.09. The van der Waals surface area contributed by atoms with Crippen molar-refractivity contribution in [2.45, 2.75) is 26.8 Å². The van der Waals surface area contributed by atoms with E-state index in [1.807, 2.05) is 43.3 Å². The first-order chi connectivity index (χ1) is 12.1. The Balaban J connectivity index is 2.12. The Kier molecular flexibility index (Phi) is 7.02. The Morgan fingerprint density at radius 2 is 1.64 bits per heavy atom. The molecule has 1 atom stereocenters. The molecule has 0 saturated heterocycles. The van der Waals surface area contributed by atoms with Gasteiger partial charge in [-0.2, -0.15) is 0 Å². The molecule has 25 heavy (non-hydrogen) atoms. The van der Waals surface area contributed by atoms with E-state index in [4.69, 9.17) is 4.74 Å². The minimum absolute atomic E-state index is 0.0364. The van der Waals surface area contributed by atoms with Gasteiger partial charge in [-0.3, -0.25) is 9.69 Å². The lowest BCUT2D eigenvalue weighted by Gasteiger charge is -2.30. The number of rotatable bonds is 8. The van der Waals surface area contributed by atoms with Crippen molar-refractivity contribution in [1.29, 1.82) is 0 Å². The third kappa shape index (κ3) is 5.07. The average molecular weight is 340 g/mol. The number of nitrogens with one attached hydrogen (secondary N) is 1. The molecule has 1 amide bonds. The van der Waals surface area contributed by atoms with Crippen LogP contribution in [-0.4, -0.2) is 37.6 Å². The van der Waals surface area contributed by atoms with E-state index in [2.05, 4.69) is 36.2 Å². The zero-order valence-electron chi connectivity index (χ0n) is 15.6. The maximum atomic E-state index is 12.4. The van der Waals surface area contributed by atoms with Crippen molar-refractivity contribution in [1.82, 2.24) is 10.2 Å². The van der Waals surface area contributed by atoms with Gasteiger partial charge in [0.15, 0.2) is 0 Å². The Morgan fingerprint density at radius 3 is 2.16 bits per heavy atom. The smallest absolute Gasteiger partial charge is 0.251 e. The van der Waals surface area contributed by atoms with E-state index in [-0.39, 0.29) is 11.9 Å². The minimum Gasteiger partial charge on any atom is -0.497 e. The molecule has 4 heteroatoms. The predicted molar refractivity (Wildman–Crippen MR) is 102 cm³/mol. The lowest BCUT2D eigenvalue weighted by Crippen LogP contribution is -2.38. The molecule has 0 bridgehead atoms. The molecule has 0 saturated carbocycles. The van der Waals surface area contributed by atoms with E-state index in [9.17, 15) is 4.79 Å². The maximum Gasteiger partial charge on any atom is 0.251 e. The van der Waals surface area contributed by atoms with Crippen LogP contribution in [0, 0.1) is 6.92 Å². The van der Waals surface area contributed by atoms with Crippen molar-refractivity contribution in [3.05, 3.63) is 65.2 Å². The summed E-state index contributed by atoms with van der Waals surface area (Å²) in [7, 11) is 1.67. The van der Waals surface area contributed by atoms with Gasteiger partial charge in [-0.05, 0) is 49.8 Å². The summed E-state index contributed by atoms with van der Waals surface area (Å²) in [4.78, 5) is 14.8. The Bertz CT molecular complexity index is 661. The van der Waals surface area contributed by atoms with Crippen LogP contribution in [0.1, 0.15) is 41.4 Å². The van der Waals surface area contributed by atoms with Gasteiger partial charge in [-0.25, -0.2) is 0 Å². The van der Waals surface area contributed by atoms with Crippen LogP contribution >= 0.6 is 0 Å². The number of hydrogen-bond donors (Lipinski definition) is 1. The van der Waals surface area contributed by atoms with E-state index < -0.39 is 0 Å². The molecule has 0 aliphatic heterocycles. The zero-order chi connectivity index (χ0) is 18.2. The fourth-order valence-electron chi connectivity index (χ4n) is 2.94. The number of ether oxygens (including phenoxy) is 1. The molecule has 2 rings (SSSR count). The quantitative estimate of drug-likeness (QED) is 0.794. The van der Waals surface area contributed by atoms with Crippen LogP contribution in [0.2, 0.25) is 0 Å². The van der Waals surface area contributed by atoms with Gasteiger partial charge < -0.3 is 10.1 Å². The number of nitrogens with zero attached hydrogens (tertiary/aromatic N) is 1. The lowest BCUT2D eigenvalue weighted by atomic mass is 10.0. The molecule has 0 fully saturated rings. The highest BCUT2D eigenvalue weighted by molar-refractivity contribution is 5.94. The maximum absolute atomic E-state index is 12.4. The van der Waals surface area contributed by atoms with Gasteiger partial charge in [0.2, 0.25) is 0 Å². The first kappa shape index (κ1) is 19.0. The average Bonchev–Trinajstić information content (AvgIpc) is 2.65. The lowest BCUT2D eigenvalue weighted by molar-refractivity contribution is 0.0935. The molecule has 1 N–H and O–H groups in total. The second-order valence-electron chi connectivity index (χ2n) is 6.09. The number of carbonyl (C=O) groups excluding carboxylic acids is 1. The van der Waals surface area contributed by atoms with Crippen molar-refractivity contribution in [3.8, 4) is 5.75 Å². The minimum atomic E-state index is -0.0364. The van der Waals surface area contributed by atoms with Crippen LogP contribution in [-0.2, 0) is 0 Å². The molecule has 0 radical (unpaired) electrons. The number of carbonyl (C=O) groups is 1. The summed E-state index contributed by atoms with van der Waals surface area (Å²) in [5.41, 5.74) is 3.02. The molecule has 134 valence electrons. The van der Waals surface area contributed by atoms with Gasteiger partial charge in [0.25, 0.3) is 5.91 Å². The van der Waals surface area contributed by atoms with Crippen LogP contribution in [0.3, 0.4) is 0 Å². The molecule has 2 aromatic carbocycles. The fourth-order valence-corrected chi connectivity index (χ4v) is 2.94. The highest BCUT2D eigenvalue weighted by Crippen LogP contribution is 2.22. The van der Waals surface area contributed by atoms with Gasteiger partial charge >= 0.3 is 0 Å². The standard InChI is InChI=1S/C21H28N2O2/c1-5-23(6-2)20(17-11-13-19(25-4)14-12-17)15-22-21(24)18-9-7-16(3)8-10-18/h7-14,20H,5-6,15H2,1-4H3,(H,22,24). The summed E-state index contributed by atoms with van der Waals surface area (Å²) < 4.78 is 5.24. The Morgan fingerprint density at radius 1 is 1.04 bits per heavy atom. The highest BCUT2D eigenvalue weighted by atomic mass is 16.5. The van der Waals surface area contributed by atoms with Crippen LogP contribution in [0.25, 0.3) is 0 Å². The molecule has 4 nitrogen and oxygen atoms in total. The first-order valence-electron chi connectivity index (χ1n) is 8.81. The number of hydrogen-bond acceptors (Lipinski definition) is 3. The first-order valence-corrected chi connectivity index (χ1v) is 8.81. The zero-order valence-corrected chi connectivity index (χ0v) is 15.6. The largest absolute Gasteiger partial charge is 0.497 e. The van der Waals surface area contributed by atoms with Gasteiger partial charge in [0.05, 0.1) is 13.2 Å². The van der Waals surface area contributed by atoms with Crippen molar-refractivity contribution >= 4 is 5.91 Å². The third-order valence-corrected chi connectivity index (χ3v) is 4.52. The highest BCUT2D eigenvalue weighted by Gasteiger charge is 2.19. The summed E-state index contributed by atoms with van der Waals surface area (Å²) >= 11 is 0. The number of amides is 1. The van der Waals surface area contributed by atoms with Gasteiger partial charge in [-0.1, -0.05) is 43.7 Å².